The molecule has 0 unspecified atom stereocenters. The van der Waals surface area contributed by atoms with Crippen LogP contribution in [0.25, 0.3) is 0 Å². The standard InChI is InChI=1S/C7H15N5O/c1-13-5-2-4(3-5)11-7(10)12-6(8)9/h4-5H,2-3H2,1H3,(H6,8,9,10,11,12). The van der Waals surface area contributed by atoms with Crippen LogP contribution in [-0.2, 0) is 4.74 Å². The van der Waals surface area contributed by atoms with Gasteiger partial charge in [0.1, 0.15) is 0 Å². The number of ether oxygens (including phenoxy) is 1. The Hall–Kier alpha value is -1.30. The lowest BCUT2D eigenvalue weighted by Gasteiger charge is -2.30. The molecule has 0 spiro atoms. The fourth-order valence-corrected chi connectivity index (χ4v) is 1.18. The SMILES string of the molecule is COC1CC(N=C(N)N=C(N)N)C1. The minimum absolute atomic E-state index is 0.0659. The molecule has 0 bridgehead atoms. The largest absolute Gasteiger partial charge is 0.381 e. The predicted octanol–water partition coefficient (Wildman–Crippen LogP) is -1.25. The van der Waals surface area contributed by atoms with Gasteiger partial charge < -0.3 is 21.9 Å². The van der Waals surface area contributed by atoms with Crippen LogP contribution in [0, 0.1) is 0 Å². The normalized spacial score (nSPS) is 27.9. The van der Waals surface area contributed by atoms with Crippen LogP contribution < -0.4 is 17.2 Å². The Bertz CT molecular complexity index is 227. The maximum Gasteiger partial charge on any atom is 0.218 e. The third-order valence-electron chi connectivity index (χ3n) is 1.96. The van der Waals surface area contributed by atoms with Gasteiger partial charge in [-0.15, -0.1) is 0 Å². The number of nitrogens with zero attached hydrogens (tertiary/aromatic N) is 2. The summed E-state index contributed by atoms with van der Waals surface area (Å²) in [6, 6.07) is 0.202. The summed E-state index contributed by atoms with van der Waals surface area (Å²) in [6.45, 7) is 0. The quantitative estimate of drug-likeness (QED) is 0.368. The number of methoxy groups -OCH3 is 1. The summed E-state index contributed by atoms with van der Waals surface area (Å²) >= 11 is 0. The molecule has 0 aromatic carbocycles. The lowest BCUT2D eigenvalue weighted by atomic mass is 9.90. The van der Waals surface area contributed by atoms with Crippen molar-refractivity contribution in [1.82, 2.24) is 0 Å². The molecule has 0 heterocycles. The van der Waals surface area contributed by atoms with Crippen LogP contribution in [0.2, 0.25) is 0 Å². The van der Waals surface area contributed by atoms with E-state index in [4.69, 9.17) is 21.9 Å². The average Bonchev–Trinajstić information content (AvgIpc) is 1.94. The first-order valence-electron chi connectivity index (χ1n) is 4.07. The van der Waals surface area contributed by atoms with Gasteiger partial charge in [0.25, 0.3) is 0 Å². The van der Waals surface area contributed by atoms with Gasteiger partial charge in [-0.2, -0.15) is 4.99 Å². The van der Waals surface area contributed by atoms with Crippen LogP contribution >= 0.6 is 0 Å². The molecule has 13 heavy (non-hydrogen) atoms. The Kier molecular flexibility index (Phi) is 3.07. The lowest BCUT2D eigenvalue weighted by molar-refractivity contribution is 0.0284. The molecule has 6 heteroatoms. The highest BCUT2D eigenvalue weighted by Gasteiger charge is 2.28. The molecule has 0 radical (unpaired) electrons. The van der Waals surface area contributed by atoms with Crippen molar-refractivity contribution < 1.29 is 4.74 Å². The molecule has 74 valence electrons. The molecular weight excluding hydrogens is 170 g/mol. The summed E-state index contributed by atoms with van der Waals surface area (Å²) in [7, 11) is 1.68. The van der Waals surface area contributed by atoms with E-state index >= 15 is 0 Å². The molecule has 1 fully saturated rings. The molecule has 0 aromatic heterocycles. The van der Waals surface area contributed by atoms with Gasteiger partial charge in [0.15, 0.2) is 5.96 Å². The van der Waals surface area contributed by atoms with E-state index in [0.29, 0.717) is 6.10 Å². The number of rotatable bonds is 2. The van der Waals surface area contributed by atoms with Crippen molar-refractivity contribution >= 4 is 11.9 Å². The Labute approximate surface area is 76.8 Å². The van der Waals surface area contributed by atoms with Crippen molar-refractivity contribution in [3.8, 4) is 0 Å². The summed E-state index contributed by atoms with van der Waals surface area (Å²) in [5.74, 6) is 0.0726. The third-order valence-corrected chi connectivity index (χ3v) is 1.96. The zero-order chi connectivity index (χ0) is 9.84. The van der Waals surface area contributed by atoms with Crippen molar-refractivity contribution in [2.45, 2.75) is 25.0 Å². The second-order valence-corrected chi connectivity index (χ2v) is 3.01. The topological polar surface area (TPSA) is 112 Å². The highest BCUT2D eigenvalue weighted by molar-refractivity contribution is 5.92. The van der Waals surface area contributed by atoms with Crippen LogP contribution in [0.1, 0.15) is 12.8 Å². The summed E-state index contributed by atoms with van der Waals surface area (Å²) < 4.78 is 5.08. The molecule has 1 rings (SSSR count). The van der Waals surface area contributed by atoms with Gasteiger partial charge in [0.2, 0.25) is 5.96 Å². The first kappa shape index (κ1) is 9.79. The second-order valence-electron chi connectivity index (χ2n) is 3.01. The van der Waals surface area contributed by atoms with Crippen molar-refractivity contribution in [3.05, 3.63) is 0 Å². The van der Waals surface area contributed by atoms with Gasteiger partial charge in [0, 0.05) is 7.11 Å². The van der Waals surface area contributed by atoms with Crippen molar-refractivity contribution in [1.29, 1.82) is 0 Å². The average molecular weight is 185 g/mol. The zero-order valence-corrected chi connectivity index (χ0v) is 7.60. The van der Waals surface area contributed by atoms with E-state index in [1.807, 2.05) is 0 Å². The Balaban J connectivity index is 2.36. The maximum absolute atomic E-state index is 5.43. The summed E-state index contributed by atoms with van der Waals surface area (Å²) in [5.41, 5.74) is 15.7. The molecule has 0 amide bonds. The van der Waals surface area contributed by atoms with E-state index in [1.54, 1.807) is 7.11 Å². The van der Waals surface area contributed by atoms with Crippen LogP contribution in [0.4, 0.5) is 0 Å². The molecule has 6 nitrogen and oxygen atoms in total. The molecule has 0 aromatic rings. The summed E-state index contributed by atoms with van der Waals surface area (Å²) in [4.78, 5) is 7.70. The molecule has 0 atom stereocenters. The second kappa shape index (κ2) is 4.08. The molecular formula is C7H15N5O. The van der Waals surface area contributed by atoms with E-state index in [1.165, 1.54) is 0 Å². The number of hydrogen-bond donors (Lipinski definition) is 3. The van der Waals surface area contributed by atoms with E-state index < -0.39 is 0 Å². The van der Waals surface area contributed by atoms with Crippen molar-refractivity contribution in [3.63, 3.8) is 0 Å². The number of guanidine groups is 2. The van der Waals surface area contributed by atoms with E-state index in [9.17, 15) is 0 Å². The monoisotopic (exact) mass is 185 g/mol. The van der Waals surface area contributed by atoms with Crippen molar-refractivity contribution in [2.75, 3.05) is 7.11 Å². The molecule has 6 N–H and O–H groups in total. The van der Waals surface area contributed by atoms with Gasteiger partial charge >= 0.3 is 0 Å². The summed E-state index contributed by atoms with van der Waals surface area (Å²) in [6.07, 6.45) is 2.08. The fraction of sp³-hybridized carbons (Fsp3) is 0.714. The zero-order valence-electron chi connectivity index (χ0n) is 7.60. The molecule has 1 saturated carbocycles. The fourth-order valence-electron chi connectivity index (χ4n) is 1.18. The third kappa shape index (κ3) is 2.90. The highest BCUT2D eigenvalue weighted by atomic mass is 16.5. The molecule has 0 saturated heterocycles. The van der Waals surface area contributed by atoms with E-state index in [0.717, 1.165) is 12.8 Å². The minimum atomic E-state index is -0.0659. The number of nitrogens with two attached hydrogens (primary N) is 3. The van der Waals surface area contributed by atoms with Crippen LogP contribution in [0.15, 0.2) is 9.98 Å². The Morgan fingerprint density at radius 1 is 1.31 bits per heavy atom. The Morgan fingerprint density at radius 2 is 1.92 bits per heavy atom. The van der Waals surface area contributed by atoms with E-state index in [2.05, 4.69) is 9.98 Å². The minimum Gasteiger partial charge on any atom is -0.381 e. The number of hydrogen-bond acceptors (Lipinski definition) is 2. The Morgan fingerprint density at radius 3 is 2.38 bits per heavy atom. The maximum atomic E-state index is 5.43. The predicted molar refractivity (Wildman–Crippen MR) is 51.3 cm³/mol. The van der Waals surface area contributed by atoms with Gasteiger partial charge in [-0.05, 0) is 12.8 Å². The highest BCUT2D eigenvalue weighted by Crippen LogP contribution is 2.25. The van der Waals surface area contributed by atoms with E-state index in [-0.39, 0.29) is 18.0 Å². The lowest BCUT2D eigenvalue weighted by Crippen LogP contribution is -2.35. The molecule has 1 aliphatic carbocycles. The van der Waals surface area contributed by atoms with Crippen LogP contribution in [0.3, 0.4) is 0 Å². The first-order chi connectivity index (χ1) is 6.11. The first-order valence-corrected chi connectivity index (χ1v) is 4.07. The van der Waals surface area contributed by atoms with Gasteiger partial charge in [-0.1, -0.05) is 0 Å². The van der Waals surface area contributed by atoms with Gasteiger partial charge in [0.05, 0.1) is 12.1 Å². The number of aliphatic imine (C=N–C) groups is 2. The van der Waals surface area contributed by atoms with Gasteiger partial charge in [-0.25, -0.2) is 4.99 Å². The van der Waals surface area contributed by atoms with Crippen LogP contribution in [-0.4, -0.2) is 31.2 Å². The van der Waals surface area contributed by atoms with Crippen molar-refractivity contribution in [2.24, 2.45) is 27.2 Å². The molecule has 0 aliphatic heterocycles. The smallest absolute Gasteiger partial charge is 0.218 e. The molecule has 1 aliphatic rings. The summed E-state index contributed by atoms with van der Waals surface area (Å²) in [5, 5.41) is 0. The van der Waals surface area contributed by atoms with Gasteiger partial charge in [-0.3, -0.25) is 0 Å². The van der Waals surface area contributed by atoms with Crippen LogP contribution in [0.5, 0.6) is 0 Å².